The molecule has 0 radical (unpaired) electrons. The number of halogens is 6. The smallest absolute Gasteiger partial charge is 0.206 e. The second kappa shape index (κ2) is 4.40. The molecule has 0 spiro atoms. The van der Waals surface area contributed by atoms with E-state index < -0.39 is 11.3 Å². The van der Waals surface area contributed by atoms with Crippen LogP contribution >= 0.6 is 43.6 Å². The van der Waals surface area contributed by atoms with E-state index in [2.05, 4.69) is 31.9 Å². The second-order valence-corrected chi connectivity index (χ2v) is 5.03. The molecule has 0 fully saturated rings. The first-order chi connectivity index (χ1) is 6.29. The Bertz CT molecular complexity index is 327. The van der Waals surface area contributed by atoms with Crippen molar-refractivity contribution in [2.75, 3.05) is 0 Å². The summed E-state index contributed by atoms with van der Waals surface area (Å²) in [5, 5.41) is 0. The van der Waals surface area contributed by atoms with E-state index in [-0.39, 0.29) is 25.6 Å². The average Bonchev–Trinajstić information content (AvgIpc) is 1.96. The zero-order chi connectivity index (χ0) is 10.9. The van der Waals surface area contributed by atoms with Gasteiger partial charge in [0.15, 0.2) is 0 Å². The summed E-state index contributed by atoms with van der Waals surface area (Å²) in [6.45, 7) is 0. The van der Waals surface area contributed by atoms with Crippen molar-refractivity contribution in [2.45, 2.75) is 10.4 Å². The lowest BCUT2D eigenvalue weighted by Crippen LogP contribution is -1.99. The summed E-state index contributed by atoms with van der Waals surface area (Å²) in [4.78, 5) is -0.190. The van der Waals surface area contributed by atoms with Gasteiger partial charge in [-0.05, 0) is 55.8 Å². The minimum atomic E-state index is -4.40. The maximum Gasteiger partial charge on any atom is 0.446 e. The SMILES string of the molecule is Fc1cc(SC(F)(F)F)cc(Br)c1Br. The standard InChI is InChI=1S/C7H2Br2F4S/c8-4-1-3(14-7(11,12)13)2-5(10)6(4)9/h1-2H. The zero-order valence-electron chi connectivity index (χ0n) is 6.33. The third-order valence-corrected chi connectivity index (χ3v) is 3.86. The van der Waals surface area contributed by atoms with Crippen molar-refractivity contribution >= 4 is 43.6 Å². The van der Waals surface area contributed by atoms with E-state index in [1.165, 1.54) is 6.07 Å². The third kappa shape index (κ3) is 3.43. The number of alkyl halides is 3. The molecule has 0 saturated carbocycles. The Morgan fingerprint density at radius 1 is 1.14 bits per heavy atom. The topological polar surface area (TPSA) is 0 Å². The summed E-state index contributed by atoms with van der Waals surface area (Å²) >= 11 is 5.46. The van der Waals surface area contributed by atoms with Gasteiger partial charge >= 0.3 is 5.51 Å². The highest BCUT2D eigenvalue weighted by atomic mass is 79.9. The van der Waals surface area contributed by atoms with Crippen LogP contribution in [-0.2, 0) is 0 Å². The van der Waals surface area contributed by atoms with Gasteiger partial charge in [0.05, 0.1) is 4.47 Å². The number of thioether (sulfide) groups is 1. The van der Waals surface area contributed by atoms with Crippen LogP contribution in [-0.4, -0.2) is 5.51 Å². The Kier molecular flexibility index (Phi) is 3.87. The number of hydrogen-bond donors (Lipinski definition) is 0. The molecule has 1 rings (SSSR count). The van der Waals surface area contributed by atoms with Crippen molar-refractivity contribution in [1.29, 1.82) is 0 Å². The van der Waals surface area contributed by atoms with Crippen LogP contribution < -0.4 is 0 Å². The van der Waals surface area contributed by atoms with Crippen molar-refractivity contribution in [3.8, 4) is 0 Å². The molecule has 0 nitrogen and oxygen atoms in total. The largest absolute Gasteiger partial charge is 0.446 e. The molecule has 0 saturated heterocycles. The maximum absolute atomic E-state index is 13.0. The maximum atomic E-state index is 13.0. The summed E-state index contributed by atoms with van der Waals surface area (Å²) in [6, 6.07) is 2.03. The van der Waals surface area contributed by atoms with Crippen LogP contribution in [0.4, 0.5) is 17.6 Å². The highest BCUT2D eigenvalue weighted by Crippen LogP contribution is 2.39. The fourth-order valence-electron chi connectivity index (χ4n) is 0.725. The molecule has 0 aliphatic rings. The Balaban J connectivity index is 3.02. The molecule has 0 aliphatic heterocycles. The molecule has 0 atom stereocenters. The Morgan fingerprint density at radius 2 is 1.71 bits per heavy atom. The van der Waals surface area contributed by atoms with Crippen molar-refractivity contribution in [3.05, 3.63) is 26.9 Å². The first kappa shape index (κ1) is 12.3. The zero-order valence-corrected chi connectivity index (χ0v) is 10.3. The predicted molar refractivity (Wildman–Crippen MR) is 53.7 cm³/mol. The van der Waals surface area contributed by atoms with Crippen LogP contribution in [0, 0.1) is 5.82 Å². The van der Waals surface area contributed by atoms with Crippen LogP contribution in [0.3, 0.4) is 0 Å². The van der Waals surface area contributed by atoms with E-state index >= 15 is 0 Å². The van der Waals surface area contributed by atoms with Gasteiger partial charge in [0, 0.05) is 9.37 Å². The van der Waals surface area contributed by atoms with Gasteiger partial charge in [-0.25, -0.2) is 4.39 Å². The lowest BCUT2D eigenvalue weighted by atomic mass is 10.3. The van der Waals surface area contributed by atoms with Crippen LogP contribution in [0.1, 0.15) is 0 Å². The first-order valence-corrected chi connectivity index (χ1v) is 5.60. The van der Waals surface area contributed by atoms with E-state index in [9.17, 15) is 17.6 Å². The van der Waals surface area contributed by atoms with Crippen LogP contribution in [0.25, 0.3) is 0 Å². The molecule has 0 aromatic heterocycles. The molecule has 14 heavy (non-hydrogen) atoms. The Labute approximate surface area is 98.3 Å². The van der Waals surface area contributed by atoms with E-state index in [0.29, 0.717) is 0 Å². The fraction of sp³-hybridized carbons (Fsp3) is 0.143. The molecule has 7 heteroatoms. The molecule has 0 unspecified atom stereocenters. The lowest BCUT2D eigenvalue weighted by Gasteiger charge is -2.07. The number of benzene rings is 1. The third-order valence-electron chi connectivity index (χ3n) is 1.19. The molecule has 0 aliphatic carbocycles. The van der Waals surface area contributed by atoms with Crippen molar-refractivity contribution in [1.82, 2.24) is 0 Å². The lowest BCUT2D eigenvalue weighted by molar-refractivity contribution is -0.0328. The average molecular weight is 354 g/mol. The predicted octanol–water partition coefficient (Wildman–Crippen LogP) is 4.96. The highest BCUT2D eigenvalue weighted by Gasteiger charge is 2.29. The first-order valence-electron chi connectivity index (χ1n) is 3.20. The van der Waals surface area contributed by atoms with Crippen molar-refractivity contribution < 1.29 is 17.6 Å². The van der Waals surface area contributed by atoms with Crippen LogP contribution in [0.2, 0.25) is 0 Å². The van der Waals surface area contributed by atoms with E-state index in [1.807, 2.05) is 0 Å². The van der Waals surface area contributed by atoms with Gasteiger partial charge in [-0.1, -0.05) is 0 Å². The van der Waals surface area contributed by atoms with Crippen LogP contribution in [0.5, 0.6) is 0 Å². The molecule has 78 valence electrons. The summed E-state index contributed by atoms with van der Waals surface area (Å²) in [7, 11) is 0. The van der Waals surface area contributed by atoms with Gasteiger partial charge in [-0.15, -0.1) is 0 Å². The normalized spacial score (nSPS) is 11.9. The molecule has 0 amide bonds. The Hall–Kier alpha value is 0.250. The summed E-state index contributed by atoms with van der Waals surface area (Å²) in [6.07, 6.45) is 0. The molecule has 1 aromatic carbocycles. The van der Waals surface area contributed by atoms with Gasteiger partial charge in [-0.2, -0.15) is 13.2 Å². The number of hydrogen-bond acceptors (Lipinski definition) is 1. The summed E-state index contributed by atoms with van der Waals surface area (Å²) in [5.74, 6) is -0.730. The Morgan fingerprint density at radius 3 is 2.14 bits per heavy atom. The molecular formula is C7H2Br2F4S. The van der Waals surface area contributed by atoms with Gasteiger partial charge in [0.1, 0.15) is 5.82 Å². The monoisotopic (exact) mass is 352 g/mol. The minimum Gasteiger partial charge on any atom is -0.206 e. The minimum absolute atomic E-state index is 0.115. The van der Waals surface area contributed by atoms with Crippen molar-refractivity contribution in [2.24, 2.45) is 0 Å². The van der Waals surface area contributed by atoms with Gasteiger partial charge in [0.25, 0.3) is 0 Å². The quantitative estimate of drug-likeness (QED) is 0.390. The highest BCUT2D eigenvalue weighted by molar-refractivity contribution is 9.13. The summed E-state index contributed by atoms with van der Waals surface area (Å²) in [5.41, 5.74) is -4.40. The van der Waals surface area contributed by atoms with Crippen molar-refractivity contribution in [3.63, 3.8) is 0 Å². The van der Waals surface area contributed by atoms with Gasteiger partial charge in [0.2, 0.25) is 0 Å². The van der Waals surface area contributed by atoms with E-state index in [0.717, 1.165) is 6.07 Å². The molecule has 0 heterocycles. The molecular weight excluding hydrogens is 352 g/mol. The number of rotatable bonds is 1. The van der Waals surface area contributed by atoms with Gasteiger partial charge in [-0.3, -0.25) is 0 Å². The fourth-order valence-corrected chi connectivity index (χ4v) is 2.15. The molecule has 0 N–H and O–H groups in total. The van der Waals surface area contributed by atoms with E-state index in [4.69, 9.17) is 0 Å². The molecule has 1 aromatic rings. The summed E-state index contributed by atoms with van der Waals surface area (Å²) < 4.78 is 49.1. The van der Waals surface area contributed by atoms with Gasteiger partial charge < -0.3 is 0 Å². The van der Waals surface area contributed by atoms with Crippen LogP contribution in [0.15, 0.2) is 26.0 Å². The molecule has 0 bridgehead atoms. The second-order valence-electron chi connectivity index (χ2n) is 2.25. The van der Waals surface area contributed by atoms with E-state index in [1.54, 1.807) is 0 Å².